The first-order valence-corrected chi connectivity index (χ1v) is 4.09. The molecule has 0 aromatic heterocycles. The van der Waals surface area contributed by atoms with Gasteiger partial charge in [0.25, 0.3) is 0 Å². The van der Waals surface area contributed by atoms with Crippen LogP contribution in [0.5, 0.6) is 0 Å². The van der Waals surface area contributed by atoms with Crippen LogP contribution in [-0.2, 0) is 11.2 Å². The summed E-state index contributed by atoms with van der Waals surface area (Å²) in [4.78, 5) is 10.1. The third-order valence-electron chi connectivity index (χ3n) is 1.19. The molecule has 13 heavy (non-hydrogen) atoms. The standard InChI is InChI=1S/C8H8O2.C2H3Cl/c9-8(10)6-7-4-2-1-3-5-7;1-2-3/h1-5H,6H2,(H,9,10);2H,1H2/p-1. The third kappa shape index (κ3) is 7.09. The number of halogens is 1. The lowest BCUT2D eigenvalue weighted by Gasteiger charge is -1.99. The zero-order chi connectivity index (χ0) is 10.1. The van der Waals surface area contributed by atoms with E-state index in [1.54, 1.807) is 24.3 Å². The molecule has 0 heterocycles. The fraction of sp³-hybridized carbons (Fsp3) is 0.100. The Morgan fingerprint density at radius 1 is 1.46 bits per heavy atom. The van der Waals surface area contributed by atoms with Gasteiger partial charge >= 0.3 is 0 Å². The molecule has 1 aromatic rings. The monoisotopic (exact) mass is 197 g/mol. The minimum atomic E-state index is -1.04. The summed E-state index contributed by atoms with van der Waals surface area (Å²) in [7, 11) is 0. The van der Waals surface area contributed by atoms with E-state index in [1.807, 2.05) is 6.07 Å². The molecule has 2 nitrogen and oxygen atoms in total. The topological polar surface area (TPSA) is 40.1 Å². The molecule has 1 rings (SSSR count). The maximum atomic E-state index is 10.1. The van der Waals surface area contributed by atoms with Gasteiger partial charge in [-0.3, -0.25) is 0 Å². The molecule has 0 amide bonds. The quantitative estimate of drug-likeness (QED) is 0.718. The van der Waals surface area contributed by atoms with Gasteiger partial charge in [0.15, 0.2) is 0 Å². The van der Waals surface area contributed by atoms with Crippen molar-refractivity contribution in [3.8, 4) is 0 Å². The summed E-state index contributed by atoms with van der Waals surface area (Å²) in [6.45, 7) is 3.13. The summed E-state index contributed by atoms with van der Waals surface area (Å²) >= 11 is 4.76. The van der Waals surface area contributed by atoms with E-state index in [0.717, 1.165) is 5.56 Å². The maximum Gasteiger partial charge on any atom is 0.0458 e. The molecule has 70 valence electrons. The van der Waals surface area contributed by atoms with Crippen molar-refractivity contribution >= 4 is 17.6 Å². The Morgan fingerprint density at radius 3 is 2.31 bits per heavy atom. The summed E-state index contributed by atoms with van der Waals surface area (Å²) in [5.74, 6) is -1.04. The number of carboxylic acid groups (broad SMARTS) is 1. The van der Waals surface area contributed by atoms with Gasteiger partial charge in [0.1, 0.15) is 0 Å². The molecule has 1 aromatic carbocycles. The molecule has 0 saturated carbocycles. The van der Waals surface area contributed by atoms with Gasteiger partial charge < -0.3 is 9.90 Å². The molecule has 0 fully saturated rings. The normalized spacial score (nSPS) is 8.08. The number of hydrogen-bond acceptors (Lipinski definition) is 2. The van der Waals surface area contributed by atoms with Crippen molar-refractivity contribution in [3.63, 3.8) is 0 Å². The number of aliphatic carboxylic acids is 1. The average molecular weight is 198 g/mol. The molecular formula is C10H10ClO2-. The van der Waals surface area contributed by atoms with Crippen molar-refractivity contribution in [1.29, 1.82) is 0 Å². The number of rotatable bonds is 2. The lowest BCUT2D eigenvalue weighted by Crippen LogP contribution is -2.24. The van der Waals surface area contributed by atoms with Gasteiger partial charge in [-0.25, -0.2) is 0 Å². The Labute approximate surface area is 82.5 Å². The number of carboxylic acids is 1. The SMILES string of the molecule is C=CCl.O=C([O-])Cc1ccccc1. The van der Waals surface area contributed by atoms with Crippen LogP contribution in [0.1, 0.15) is 5.56 Å². The van der Waals surface area contributed by atoms with E-state index in [2.05, 4.69) is 6.58 Å². The molecule has 0 N–H and O–H groups in total. The Morgan fingerprint density at radius 2 is 1.92 bits per heavy atom. The molecule has 0 aliphatic rings. The first kappa shape index (κ1) is 11.7. The highest BCUT2D eigenvalue weighted by Gasteiger charge is 1.88. The van der Waals surface area contributed by atoms with Gasteiger partial charge in [-0.05, 0) is 11.1 Å². The second-order valence-electron chi connectivity index (χ2n) is 2.19. The molecule has 0 aliphatic carbocycles. The smallest absolute Gasteiger partial charge is 0.0458 e. The molecule has 0 atom stereocenters. The first-order chi connectivity index (χ1) is 6.20. The lowest BCUT2D eigenvalue weighted by molar-refractivity contribution is -0.304. The van der Waals surface area contributed by atoms with Gasteiger partial charge in [-0.2, -0.15) is 0 Å². The molecule has 0 aliphatic heterocycles. The Balaban J connectivity index is 0.000000424. The van der Waals surface area contributed by atoms with Crippen LogP contribution in [0.2, 0.25) is 0 Å². The molecule has 0 radical (unpaired) electrons. The lowest BCUT2D eigenvalue weighted by atomic mass is 10.2. The van der Waals surface area contributed by atoms with E-state index < -0.39 is 5.97 Å². The van der Waals surface area contributed by atoms with Gasteiger partial charge in [0.05, 0.1) is 0 Å². The van der Waals surface area contributed by atoms with Crippen LogP contribution in [0, 0.1) is 0 Å². The predicted molar refractivity (Wildman–Crippen MR) is 51.2 cm³/mol. The van der Waals surface area contributed by atoms with E-state index in [1.165, 1.54) is 5.54 Å². The van der Waals surface area contributed by atoms with Gasteiger partial charge in [0.2, 0.25) is 0 Å². The first-order valence-electron chi connectivity index (χ1n) is 3.65. The van der Waals surface area contributed by atoms with Crippen molar-refractivity contribution in [1.82, 2.24) is 0 Å². The number of carbonyl (C=O) groups excluding carboxylic acids is 1. The van der Waals surface area contributed by atoms with Crippen LogP contribution in [0.3, 0.4) is 0 Å². The summed E-state index contributed by atoms with van der Waals surface area (Å²) in [5, 5.41) is 10.1. The van der Waals surface area contributed by atoms with E-state index in [4.69, 9.17) is 11.6 Å². The number of benzene rings is 1. The highest BCUT2D eigenvalue weighted by Crippen LogP contribution is 1.97. The molecule has 0 saturated heterocycles. The molecule has 0 spiro atoms. The Kier molecular flexibility index (Phi) is 6.65. The van der Waals surface area contributed by atoms with Gasteiger partial charge in [-0.15, -0.1) is 0 Å². The fourth-order valence-corrected chi connectivity index (χ4v) is 0.763. The zero-order valence-corrected chi connectivity index (χ0v) is 7.83. The van der Waals surface area contributed by atoms with Crippen molar-refractivity contribution in [2.24, 2.45) is 0 Å². The zero-order valence-electron chi connectivity index (χ0n) is 7.07. The van der Waals surface area contributed by atoms with Crippen molar-refractivity contribution in [2.45, 2.75) is 6.42 Å². The second-order valence-corrected chi connectivity index (χ2v) is 2.50. The van der Waals surface area contributed by atoms with Gasteiger partial charge in [0, 0.05) is 12.4 Å². The minimum Gasteiger partial charge on any atom is -0.550 e. The summed E-state index contributed by atoms with van der Waals surface area (Å²) in [5.41, 5.74) is 2.00. The van der Waals surface area contributed by atoms with Crippen LogP contribution in [0.25, 0.3) is 0 Å². The van der Waals surface area contributed by atoms with Crippen LogP contribution < -0.4 is 5.11 Å². The predicted octanol–water partition coefficient (Wildman–Crippen LogP) is 1.35. The van der Waals surface area contributed by atoms with E-state index in [0.29, 0.717) is 0 Å². The summed E-state index contributed by atoms with van der Waals surface area (Å²) in [6.07, 6.45) is 0.000833. The summed E-state index contributed by atoms with van der Waals surface area (Å²) in [6, 6.07) is 8.97. The largest absolute Gasteiger partial charge is 0.550 e. The van der Waals surface area contributed by atoms with E-state index >= 15 is 0 Å². The highest BCUT2D eigenvalue weighted by molar-refractivity contribution is 6.25. The van der Waals surface area contributed by atoms with E-state index in [9.17, 15) is 9.90 Å². The number of carbonyl (C=O) groups is 1. The van der Waals surface area contributed by atoms with Crippen LogP contribution in [-0.4, -0.2) is 5.97 Å². The van der Waals surface area contributed by atoms with Crippen molar-refractivity contribution < 1.29 is 9.90 Å². The van der Waals surface area contributed by atoms with Gasteiger partial charge in [-0.1, -0.05) is 48.5 Å². The molecular weight excluding hydrogens is 188 g/mol. The minimum absolute atomic E-state index is 0.000833. The summed E-state index contributed by atoms with van der Waals surface area (Å²) < 4.78 is 0. The Bertz CT molecular complexity index is 257. The maximum absolute atomic E-state index is 10.1. The Hall–Kier alpha value is -1.28. The van der Waals surface area contributed by atoms with E-state index in [-0.39, 0.29) is 6.42 Å². The van der Waals surface area contributed by atoms with Crippen molar-refractivity contribution in [2.75, 3.05) is 0 Å². The van der Waals surface area contributed by atoms with Crippen molar-refractivity contribution in [3.05, 3.63) is 48.0 Å². The van der Waals surface area contributed by atoms with Crippen LogP contribution in [0.15, 0.2) is 42.4 Å². The third-order valence-corrected chi connectivity index (χ3v) is 1.19. The molecule has 0 bridgehead atoms. The highest BCUT2D eigenvalue weighted by atomic mass is 35.5. The number of hydrogen-bond donors (Lipinski definition) is 0. The average Bonchev–Trinajstić information content (AvgIpc) is 2.06. The molecule has 3 heteroatoms. The van der Waals surface area contributed by atoms with Crippen LogP contribution >= 0.6 is 11.6 Å². The van der Waals surface area contributed by atoms with Crippen LogP contribution in [0.4, 0.5) is 0 Å². The fourth-order valence-electron chi connectivity index (χ4n) is 0.763. The molecule has 0 unspecified atom stereocenters. The second kappa shape index (κ2) is 7.37.